The van der Waals surface area contributed by atoms with Crippen LogP contribution < -0.4 is 0 Å². The molecule has 0 unspecified atom stereocenters. The quantitative estimate of drug-likeness (QED) is 0.638. The van der Waals surface area contributed by atoms with Crippen molar-refractivity contribution in [2.24, 2.45) is 0 Å². The summed E-state index contributed by atoms with van der Waals surface area (Å²) in [4.78, 5) is 10.9. The minimum atomic E-state index is -0.220. The van der Waals surface area contributed by atoms with Gasteiger partial charge < -0.3 is 4.74 Å². The number of carbonyl (C=O) groups is 1. The largest absolute Gasteiger partial charge is 0.461 e. The number of rotatable bonds is 8. The first-order chi connectivity index (χ1) is 9.65. The van der Waals surface area contributed by atoms with Crippen LogP contribution in [0.5, 0.6) is 0 Å². The molecule has 0 aliphatic rings. The van der Waals surface area contributed by atoms with Crippen molar-refractivity contribution in [2.75, 3.05) is 6.61 Å². The van der Waals surface area contributed by atoms with Gasteiger partial charge in [0.25, 0.3) is 0 Å². The van der Waals surface area contributed by atoms with Crippen molar-refractivity contribution >= 4 is 12.0 Å². The lowest BCUT2D eigenvalue weighted by atomic mass is 10.0. The molecular weight excluding hydrogens is 248 g/mol. The van der Waals surface area contributed by atoms with Crippen LogP contribution in [0, 0.1) is 0 Å². The van der Waals surface area contributed by atoms with Crippen LogP contribution in [0.3, 0.4) is 0 Å². The maximum absolute atomic E-state index is 10.9. The fraction of sp³-hybridized carbons (Fsp3) is 0.500. The molecule has 0 aliphatic heterocycles. The highest BCUT2D eigenvalue weighted by Crippen LogP contribution is 2.14. The number of ether oxygens (including phenoxy) is 1. The molecule has 0 aromatic heterocycles. The summed E-state index contributed by atoms with van der Waals surface area (Å²) in [6, 6.07) is 8.68. The van der Waals surface area contributed by atoms with Gasteiger partial charge in [0.15, 0.2) is 0 Å². The summed E-state index contributed by atoms with van der Waals surface area (Å²) in [5, 5.41) is 0. The van der Waals surface area contributed by atoms with Crippen LogP contribution in [0.1, 0.15) is 57.6 Å². The number of hydrogen-bond acceptors (Lipinski definition) is 2. The van der Waals surface area contributed by atoms with E-state index in [0.29, 0.717) is 6.61 Å². The SMILES string of the molecule is CCCCc1ccc(/C=C(\CCC)COC(C)=O)cc1. The summed E-state index contributed by atoms with van der Waals surface area (Å²) in [5.74, 6) is -0.220. The molecule has 0 fully saturated rings. The lowest BCUT2D eigenvalue weighted by Gasteiger charge is -2.07. The summed E-state index contributed by atoms with van der Waals surface area (Å²) >= 11 is 0. The van der Waals surface area contributed by atoms with Gasteiger partial charge in [0.1, 0.15) is 6.61 Å². The molecule has 0 heterocycles. The first kappa shape index (κ1) is 16.5. The molecule has 0 saturated heterocycles. The second kappa shape index (κ2) is 9.35. The Morgan fingerprint density at radius 3 is 2.40 bits per heavy atom. The van der Waals surface area contributed by atoms with Gasteiger partial charge in [-0.05, 0) is 36.0 Å². The number of unbranched alkanes of at least 4 members (excludes halogenated alkanes) is 1. The lowest BCUT2D eigenvalue weighted by molar-refractivity contribution is -0.140. The van der Waals surface area contributed by atoms with E-state index in [1.54, 1.807) is 0 Å². The Hall–Kier alpha value is -1.57. The van der Waals surface area contributed by atoms with Crippen molar-refractivity contribution in [2.45, 2.75) is 52.9 Å². The highest BCUT2D eigenvalue weighted by atomic mass is 16.5. The van der Waals surface area contributed by atoms with Crippen LogP contribution in [0.4, 0.5) is 0 Å². The van der Waals surface area contributed by atoms with Crippen molar-refractivity contribution in [1.29, 1.82) is 0 Å². The van der Waals surface area contributed by atoms with Crippen molar-refractivity contribution in [3.63, 3.8) is 0 Å². The Labute approximate surface area is 122 Å². The summed E-state index contributed by atoms with van der Waals surface area (Å²) in [6.07, 6.45) is 7.77. The van der Waals surface area contributed by atoms with Crippen LogP contribution in [0.2, 0.25) is 0 Å². The molecule has 0 radical (unpaired) electrons. The predicted molar refractivity (Wildman–Crippen MR) is 84.6 cm³/mol. The average Bonchev–Trinajstić information content (AvgIpc) is 2.44. The van der Waals surface area contributed by atoms with E-state index in [1.807, 2.05) is 0 Å². The molecule has 0 bridgehead atoms. The van der Waals surface area contributed by atoms with E-state index < -0.39 is 0 Å². The maximum atomic E-state index is 10.9. The Morgan fingerprint density at radius 2 is 1.85 bits per heavy atom. The summed E-state index contributed by atoms with van der Waals surface area (Å²) in [7, 11) is 0. The highest BCUT2D eigenvalue weighted by Gasteiger charge is 2.01. The molecule has 0 spiro atoms. The molecule has 1 rings (SSSR count). The van der Waals surface area contributed by atoms with Gasteiger partial charge >= 0.3 is 5.97 Å². The van der Waals surface area contributed by atoms with E-state index in [-0.39, 0.29) is 5.97 Å². The van der Waals surface area contributed by atoms with Crippen LogP contribution in [-0.4, -0.2) is 12.6 Å². The molecule has 2 heteroatoms. The first-order valence-corrected chi connectivity index (χ1v) is 7.57. The summed E-state index contributed by atoms with van der Waals surface area (Å²) in [5.41, 5.74) is 3.74. The number of esters is 1. The van der Waals surface area contributed by atoms with Crippen molar-refractivity contribution < 1.29 is 9.53 Å². The second-order valence-electron chi connectivity index (χ2n) is 5.18. The number of carbonyl (C=O) groups excluding carboxylic acids is 1. The summed E-state index contributed by atoms with van der Waals surface area (Å²) < 4.78 is 5.10. The average molecular weight is 274 g/mol. The monoisotopic (exact) mass is 274 g/mol. The van der Waals surface area contributed by atoms with Crippen LogP contribution in [-0.2, 0) is 16.0 Å². The molecule has 0 amide bonds. The third-order valence-electron chi connectivity index (χ3n) is 3.20. The maximum Gasteiger partial charge on any atom is 0.302 e. The summed E-state index contributed by atoms with van der Waals surface area (Å²) in [6.45, 7) is 6.20. The Kier molecular flexibility index (Phi) is 7.71. The van der Waals surface area contributed by atoms with E-state index in [2.05, 4.69) is 44.2 Å². The van der Waals surface area contributed by atoms with E-state index in [4.69, 9.17) is 4.74 Å². The van der Waals surface area contributed by atoms with Crippen molar-refractivity contribution in [1.82, 2.24) is 0 Å². The normalized spacial score (nSPS) is 11.4. The highest BCUT2D eigenvalue weighted by molar-refractivity contribution is 5.66. The van der Waals surface area contributed by atoms with E-state index in [9.17, 15) is 4.79 Å². The standard InChI is InChI=1S/C18H26O2/c1-4-6-8-16-9-11-17(12-10-16)13-18(7-5-2)14-20-15(3)19/h9-13H,4-8,14H2,1-3H3/b18-13+. The van der Waals surface area contributed by atoms with Crippen LogP contribution in [0.15, 0.2) is 29.8 Å². The van der Waals surface area contributed by atoms with Gasteiger partial charge in [-0.1, -0.05) is 57.0 Å². The minimum absolute atomic E-state index is 0.220. The molecule has 110 valence electrons. The molecule has 1 aromatic rings. The molecule has 0 N–H and O–H groups in total. The van der Waals surface area contributed by atoms with E-state index in [1.165, 1.54) is 36.5 Å². The van der Waals surface area contributed by atoms with Gasteiger partial charge in [-0.2, -0.15) is 0 Å². The van der Waals surface area contributed by atoms with E-state index >= 15 is 0 Å². The predicted octanol–water partition coefficient (Wildman–Crippen LogP) is 4.78. The third kappa shape index (κ3) is 6.55. The van der Waals surface area contributed by atoms with Gasteiger partial charge in [0.05, 0.1) is 0 Å². The van der Waals surface area contributed by atoms with Crippen molar-refractivity contribution in [3.8, 4) is 0 Å². The zero-order valence-corrected chi connectivity index (χ0v) is 12.9. The number of hydrogen-bond donors (Lipinski definition) is 0. The zero-order chi connectivity index (χ0) is 14.8. The third-order valence-corrected chi connectivity index (χ3v) is 3.20. The molecule has 20 heavy (non-hydrogen) atoms. The van der Waals surface area contributed by atoms with Gasteiger partial charge in [0.2, 0.25) is 0 Å². The fourth-order valence-corrected chi connectivity index (χ4v) is 2.10. The minimum Gasteiger partial charge on any atom is -0.461 e. The first-order valence-electron chi connectivity index (χ1n) is 7.57. The van der Waals surface area contributed by atoms with E-state index in [0.717, 1.165) is 19.3 Å². The topological polar surface area (TPSA) is 26.3 Å². The molecule has 0 atom stereocenters. The Balaban J connectivity index is 2.69. The van der Waals surface area contributed by atoms with Crippen molar-refractivity contribution in [3.05, 3.63) is 41.0 Å². The smallest absolute Gasteiger partial charge is 0.302 e. The van der Waals surface area contributed by atoms with Crippen LogP contribution in [0.25, 0.3) is 6.08 Å². The Bertz CT molecular complexity index is 429. The molecule has 0 aliphatic carbocycles. The second-order valence-corrected chi connectivity index (χ2v) is 5.18. The molecule has 2 nitrogen and oxygen atoms in total. The van der Waals surface area contributed by atoms with Gasteiger partial charge in [-0.25, -0.2) is 0 Å². The Morgan fingerprint density at radius 1 is 1.15 bits per heavy atom. The number of benzene rings is 1. The zero-order valence-electron chi connectivity index (χ0n) is 12.9. The van der Waals surface area contributed by atoms with Crippen LogP contribution >= 0.6 is 0 Å². The van der Waals surface area contributed by atoms with Gasteiger partial charge in [-0.15, -0.1) is 0 Å². The molecule has 0 saturated carbocycles. The molecular formula is C18H26O2. The fourth-order valence-electron chi connectivity index (χ4n) is 2.10. The van der Waals surface area contributed by atoms with Gasteiger partial charge in [-0.3, -0.25) is 4.79 Å². The number of aryl methyl sites for hydroxylation is 1. The molecule has 1 aromatic carbocycles. The van der Waals surface area contributed by atoms with Gasteiger partial charge in [0, 0.05) is 6.92 Å². The lowest BCUT2D eigenvalue weighted by Crippen LogP contribution is -2.03.